The van der Waals surface area contributed by atoms with Crippen molar-refractivity contribution < 1.29 is 9.18 Å². The fourth-order valence-corrected chi connectivity index (χ4v) is 2.10. The van der Waals surface area contributed by atoms with Crippen LogP contribution in [0.4, 0.5) is 4.39 Å². The molecule has 0 aliphatic carbocycles. The summed E-state index contributed by atoms with van der Waals surface area (Å²) in [5, 5.41) is 0. The Morgan fingerprint density at radius 3 is 2.63 bits per heavy atom. The van der Waals surface area contributed by atoms with Gasteiger partial charge in [0.15, 0.2) is 6.29 Å². The predicted molar refractivity (Wildman–Crippen MR) is 70.7 cm³/mol. The first-order valence-corrected chi connectivity index (χ1v) is 5.89. The number of carbonyl (C=O) groups excluding carboxylic acids is 1. The van der Waals surface area contributed by atoms with E-state index in [0.717, 1.165) is 17.4 Å². The molecule has 3 nitrogen and oxygen atoms in total. The average molecular weight is 254 g/mol. The van der Waals surface area contributed by atoms with Crippen molar-refractivity contribution in [1.82, 2.24) is 9.38 Å². The third-order valence-corrected chi connectivity index (χ3v) is 3.05. The van der Waals surface area contributed by atoms with E-state index in [4.69, 9.17) is 0 Å². The molecule has 0 N–H and O–H groups in total. The number of aromatic nitrogens is 2. The van der Waals surface area contributed by atoms with Gasteiger partial charge in [-0.25, -0.2) is 9.37 Å². The number of imidazole rings is 1. The predicted octanol–water partition coefficient (Wildman–Crippen LogP) is 3.26. The fourth-order valence-electron chi connectivity index (χ4n) is 2.10. The summed E-state index contributed by atoms with van der Waals surface area (Å²) < 4.78 is 14.7. The second-order valence-corrected chi connectivity index (χ2v) is 4.40. The van der Waals surface area contributed by atoms with Gasteiger partial charge in [-0.3, -0.25) is 9.20 Å². The Kier molecular flexibility index (Phi) is 2.63. The minimum absolute atomic E-state index is 0.309. The Balaban J connectivity index is 2.28. The van der Waals surface area contributed by atoms with Gasteiger partial charge in [0.25, 0.3) is 0 Å². The number of benzene rings is 1. The van der Waals surface area contributed by atoms with Gasteiger partial charge in [-0.2, -0.15) is 0 Å². The minimum Gasteiger partial charge on any atom is -0.297 e. The Morgan fingerprint density at radius 1 is 1.21 bits per heavy atom. The van der Waals surface area contributed by atoms with E-state index in [9.17, 15) is 9.18 Å². The van der Waals surface area contributed by atoms with Gasteiger partial charge in [0.05, 0.1) is 0 Å². The molecule has 2 aromatic heterocycles. The van der Waals surface area contributed by atoms with E-state index in [0.29, 0.717) is 17.0 Å². The first-order chi connectivity index (χ1) is 9.19. The molecule has 0 radical (unpaired) electrons. The highest BCUT2D eigenvalue weighted by Crippen LogP contribution is 2.24. The Labute approximate surface area is 109 Å². The number of fused-ring (bicyclic) bond motifs is 1. The molecule has 0 aliphatic heterocycles. The van der Waals surface area contributed by atoms with E-state index in [1.54, 1.807) is 16.5 Å². The van der Waals surface area contributed by atoms with Crippen LogP contribution < -0.4 is 0 Å². The number of aldehydes is 1. The lowest BCUT2D eigenvalue weighted by molar-refractivity contribution is 0.111. The molecule has 19 heavy (non-hydrogen) atoms. The highest BCUT2D eigenvalue weighted by Gasteiger charge is 2.13. The van der Waals surface area contributed by atoms with E-state index in [1.165, 1.54) is 12.1 Å². The summed E-state index contributed by atoms with van der Waals surface area (Å²) >= 11 is 0. The van der Waals surface area contributed by atoms with Crippen LogP contribution in [0, 0.1) is 12.7 Å². The van der Waals surface area contributed by atoms with Crippen molar-refractivity contribution in [2.45, 2.75) is 6.92 Å². The third-order valence-electron chi connectivity index (χ3n) is 3.05. The van der Waals surface area contributed by atoms with Crippen molar-refractivity contribution in [2.75, 3.05) is 0 Å². The van der Waals surface area contributed by atoms with Gasteiger partial charge in [-0.05, 0) is 48.9 Å². The molecule has 0 saturated carbocycles. The number of rotatable bonds is 2. The van der Waals surface area contributed by atoms with Gasteiger partial charge in [0, 0.05) is 11.8 Å². The van der Waals surface area contributed by atoms with Crippen LogP contribution in [-0.2, 0) is 0 Å². The summed E-state index contributed by atoms with van der Waals surface area (Å²) in [5.74, 6) is -0.309. The topological polar surface area (TPSA) is 34.4 Å². The van der Waals surface area contributed by atoms with Gasteiger partial charge in [-0.1, -0.05) is 0 Å². The number of hydrogen-bond acceptors (Lipinski definition) is 2. The monoisotopic (exact) mass is 254 g/mol. The van der Waals surface area contributed by atoms with Crippen LogP contribution in [0.3, 0.4) is 0 Å². The molecule has 0 spiro atoms. The molecule has 0 saturated heterocycles. The molecule has 4 heteroatoms. The molecular formula is C15H11FN2O. The highest BCUT2D eigenvalue weighted by atomic mass is 19.1. The Morgan fingerprint density at radius 2 is 1.95 bits per heavy atom. The van der Waals surface area contributed by atoms with Crippen molar-refractivity contribution in [3.05, 3.63) is 59.7 Å². The van der Waals surface area contributed by atoms with Crippen molar-refractivity contribution in [3.63, 3.8) is 0 Å². The van der Waals surface area contributed by atoms with Gasteiger partial charge in [0.1, 0.15) is 22.9 Å². The molecular weight excluding hydrogens is 243 g/mol. The number of halogens is 1. The second-order valence-electron chi connectivity index (χ2n) is 4.40. The fraction of sp³-hybridized carbons (Fsp3) is 0.0667. The molecule has 3 aromatic rings. The number of carbonyl (C=O) groups is 1. The quantitative estimate of drug-likeness (QED) is 0.658. The van der Waals surface area contributed by atoms with Crippen LogP contribution in [0.2, 0.25) is 0 Å². The highest BCUT2D eigenvalue weighted by molar-refractivity contribution is 5.86. The van der Waals surface area contributed by atoms with Gasteiger partial charge >= 0.3 is 0 Å². The maximum absolute atomic E-state index is 12.9. The summed E-state index contributed by atoms with van der Waals surface area (Å²) in [6.45, 7) is 1.97. The maximum atomic E-state index is 12.9. The summed E-state index contributed by atoms with van der Waals surface area (Å²) in [7, 11) is 0. The van der Waals surface area contributed by atoms with E-state index in [1.807, 2.05) is 25.3 Å². The molecule has 0 amide bonds. The lowest BCUT2D eigenvalue weighted by Gasteiger charge is -1.98. The van der Waals surface area contributed by atoms with Crippen molar-refractivity contribution in [2.24, 2.45) is 0 Å². The number of pyridine rings is 1. The zero-order valence-corrected chi connectivity index (χ0v) is 10.3. The normalized spacial score (nSPS) is 10.8. The Bertz CT molecular complexity index is 760. The van der Waals surface area contributed by atoms with Crippen LogP contribution >= 0.6 is 0 Å². The molecule has 0 unspecified atom stereocenters. The number of hydrogen-bond donors (Lipinski definition) is 0. The first-order valence-electron chi connectivity index (χ1n) is 5.89. The summed E-state index contributed by atoms with van der Waals surface area (Å²) in [4.78, 5) is 15.7. The summed E-state index contributed by atoms with van der Waals surface area (Å²) in [6.07, 6.45) is 2.59. The molecule has 1 aromatic carbocycles. The lowest BCUT2D eigenvalue weighted by Crippen LogP contribution is -1.92. The minimum atomic E-state index is -0.309. The molecule has 3 rings (SSSR count). The van der Waals surface area contributed by atoms with Crippen LogP contribution in [0.15, 0.2) is 42.6 Å². The zero-order valence-electron chi connectivity index (χ0n) is 10.3. The first kappa shape index (κ1) is 11.6. The lowest BCUT2D eigenvalue weighted by atomic mass is 10.1. The summed E-state index contributed by atoms with van der Waals surface area (Å²) in [5.41, 5.74) is 3.55. The molecule has 0 bridgehead atoms. The summed E-state index contributed by atoms with van der Waals surface area (Å²) in [6, 6.07) is 9.78. The SMILES string of the molecule is Cc1ccn2c(C=O)c(-c3ccc(F)cc3)nc2c1. The zero-order chi connectivity index (χ0) is 13.4. The number of aryl methyl sites for hydroxylation is 1. The van der Waals surface area contributed by atoms with Gasteiger partial charge in [0.2, 0.25) is 0 Å². The molecule has 0 aliphatic rings. The van der Waals surface area contributed by atoms with Gasteiger partial charge < -0.3 is 0 Å². The van der Waals surface area contributed by atoms with Crippen molar-refractivity contribution in [1.29, 1.82) is 0 Å². The van der Waals surface area contributed by atoms with Crippen LogP contribution in [0.25, 0.3) is 16.9 Å². The second kappa shape index (κ2) is 4.31. The van der Waals surface area contributed by atoms with Crippen LogP contribution in [0.1, 0.15) is 16.1 Å². The van der Waals surface area contributed by atoms with E-state index < -0.39 is 0 Å². The molecule has 0 atom stereocenters. The third kappa shape index (κ3) is 1.91. The smallest absolute Gasteiger partial charge is 0.169 e. The van der Waals surface area contributed by atoms with E-state index >= 15 is 0 Å². The van der Waals surface area contributed by atoms with E-state index in [2.05, 4.69) is 4.98 Å². The van der Waals surface area contributed by atoms with Gasteiger partial charge in [-0.15, -0.1) is 0 Å². The maximum Gasteiger partial charge on any atom is 0.169 e. The molecule has 2 heterocycles. The standard InChI is InChI=1S/C15H11FN2O/c1-10-6-7-18-13(9-19)15(17-14(18)8-10)11-2-4-12(16)5-3-11/h2-9H,1H3. The molecule has 0 fully saturated rings. The van der Waals surface area contributed by atoms with Crippen LogP contribution in [-0.4, -0.2) is 15.7 Å². The van der Waals surface area contributed by atoms with Crippen molar-refractivity contribution >= 4 is 11.9 Å². The van der Waals surface area contributed by atoms with E-state index in [-0.39, 0.29) is 5.82 Å². The van der Waals surface area contributed by atoms with Crippen LogP contribution in [0.5, 0.6) is 0 Å². The van der Waals surface area contributed by atoms with Crippen molar-refractivity contribution in [3.8, 4) is 11.3 Å². The number of nitrogens with zero attached hydrogens (tertiary/aromatic N) is 2. The molecule has 94 valence electrons. The average Bonchev–Trinajstić information content (AvgIpc) is 2.77. The largest absolute Gasteiger partial charge is 0.297 e. The Hall–Kier alpha value is -2.49.